The molecule has 0 aliphatic heterocycles. The Labute approximate surface area is 107 Å². The van der Waals surface area contributed by atoms with Gasteiger partial charge in [0.25, 0.3) is 0 Å². The van der Waals surface area contributed by atoms with Crippen LogP contribution in [0.3, 0.4) is 0 Å². The molecule has 3 rings (SSSR count). The van der Waals surface area contributed by atoms with Crippen LogP contribution < -0.4 is 5.73 Å². The molecule has 0 bridgehead atoms. The van der Waals surface area contributed by atoms with E-state index in [0.29, 0.717) is 12.0 Å². The van der Waals surface area contributed by atoms with Gasteiger partial charge in [0.15, 0.2) is 0 Å². The molecule has 1 aromatic heterocycles. The number of hydrogen-bond donors (Lipinski definition) is 1. The van der Waals surface area contributed by atoms with E-state index in [2.05, 4.69) is 34.6 Å². The van der Waals surface area contributed by atoms with Gasteiger partial charge in [0.1, 0.15) is 0 Å². The smallest absolute Gasteiger partial charge is 0.0331 e. The fraction of sp³-hybridized carbons (Fsp3) is 0.571. The Kier molecular flexibility index (Phi) is 3.32. The van der Waals surface area contributed by atoms with Crippen molar-refractivity contribution in [3.05, 3.63) is 34.5 Å². The molecule has 1 heterocycles. The molecule has 17 heavy (non-hydrogen) atoms. The third kappa shape index (κ3) is 2.97. The van der Waals surface area contributed by atoms with Crippen LogP contribution in [0.2, 0.25) is 0 Å². The van der Waals surface area contributed by atoms with Crippen LogP contribution in [0.4, 0.5) is 0 Å². The Morgan fingerprint density at radius 2 is 2.24 bits per heavy atom. The van der Waals surface area contributed by atoms with E-state index in [1.807, 2.05) is 11.3 Å². The summed E-state index contributed by atoms with van der Waals surface area (Å²) in [6.45, 7) is 2.31. The molecule has 3 heteroatoms. The van der Waals surface area contributed by atoms with Gasteiger partial charge in [0.2, 0.25) is 0 Å². The van der Waals surface area contributed by atoms with Gasteiger partial charge in [-0.05, 0) is 36.6 Å². The van der Waals surface area contributed by atoms with E-state index in [1.165, 1.54) is 24.3 Å². The van der Waals surface area contributed by atoms with E-state index in [0.717, 1.165) is 19.0 Å². The number of hydrogen-bond acceptors (Lipinski definition) is 3. The maximum Gasteiger partial charge on any atom is 0.0331 e. The largest absolute Gasteiger partial charge is 0.324 e. The molecule has 2 aliphatic rings. The average molecular weight is 248 g/mol. The minimum absolute atomic E-state index is 0.294. The molecule has 2 nitrogen and oxygen atoms in total. The molecule has 1 saturated carbocycles. The zero-order chi connectivity index (χ0) is 11.7. The van der Waals surface area contributed by atoms with Gasteiger partial charge in [-0.25, -0.2) is 0 Å². The zero-order valence-corrected chi connectivity index (χ0v) is 10.9. The molecule has 0 spiro atoms. The summed E-state index contributed by atoms with van der Waals surface area (Å²) in [5.41, 5.74) is 5.93. The molecule has 2 atom stereocenters. The van der Waals surface area contributed by atoms with Crippen molar-refractivity contribution in [3.63, 3.8) is 0 Å². The Balaban J connectivity index is 1.59. The molecule has 1 fully saturated rings. The first-order chi connectivity index (χ1) is 8.31. The number of nitrogens with zero attached hydrogens (tertiary/aromatic N) is 1. The highest BCUT2D eigenvalue weighted by Crippen LogP contribution is 2.31. The van der Waals surface area contributed by atoms with Crippen molar-refractivity contribution in [1.82, 2.24) is 4.90 Å². The number of rotatable bonds is 5. The van der Waals surface area contributed by atoms with Gasteiger partial charge in [0, 0.05) is 30.1 Å². The molecule has 0 saturated heterocycles. The van der Waals surface area contributed by atoms with Crippen LogP contribution in [0, 0.1) is 5.92 Å². The topological polar surface area (TPSA) is 29.3 Å². The van der Waals surface area contributed by atoms with E-state index in [9.17, 15) is 0 Å². The summed E-state index contributed by atoms with van der Waals surface area (Å²) in [5, 5.41) is 2.17. The molecule has 2 aliphatic carbocycles. The van der Waals surface area contributed by atoms with Crippen molar-refractivity contribution >= 4 is 11.3 Å². The monoisotopic (exact) mass is 248 g/mol. The van der Waals surface area contributed by atoms with Crippen LogP contribution in [0.1, 0.15) is 24.1 Å². The Hall–Kier alpha value is -0.640. The first-order valence-electron chi connectivity index (χ1n) is 6.51. The van der Waals surface area contributed by atoms with Gasteiger partial charge in [-0.3, -0.25) is 4.90 Å². The zero-order valence-electron chi connectivity index (χ0n) is 10.1. The minimum atomic E-state index is 0.294. The first-order valence-corrected chi connectivity index (χ1v) is 7.39. The lowest BCUT2D eigenvalue weighted by atomic mass is 10.1. The quantitative estimate of drug-likeness (QED) is 0.812. The van der Waals surface area contributed by atoms with Gasteiger partial charge in [0.05, 0.1) is 0 Å². The van der Waals surface area contributed by atoms with Gasteiger partial charge in [-0.2, -0.15) is 0 Å². The molecule has 2 unspecified atom stereocenters. The van der Waals surface area contributed by atoms with Crippen LogP contribution >= 0.6 is 11.3 Å². The van der Waals surface area contributed by atoms with Gasteiger partial charge in [-0.1, -0.05) is 18.2 Å². The molecule has 92 valence electrons. The molecule has 0 aromatic carbocycles. The Morgan fingerprint density at radius 3 is 2.82 bits per heavy atom. The van der Waals surface area contributed by atoms with E-state index in [4.69, 9.17) is 5.73 Å². The van der Waals surface area contributed by atoms with E-state index < -0.39 is 0 Å². The highest BCUT2D eigenvalue weighted by Gasteiger charge is 2.31. The van der Waals surface area contributed by atoms with Crippen LogP contribution in [0.5, 0.6) is 0 Å². The Morgan fingerprint density at radius 1 is 1.35 bits per heavy atom. The molecule has 0 amide bonds. The van der Waals surface area contributed by atoms with Crippen molar-refractivity contribution in [2.45, 2.75) is 37.9 Å². The minimum Gasteiger partial charge on any atom is -0.324 e. The second kappa shape index (κ2) is 4.92. The third-order valence-corrected chi connectivity index (χ3v) is 4.54. The maximum absolute atomic E-state index is 5.93. The fourth-order valence-electron chi connectivity index (χ4n) is 2.63. The number of thiophene rings is 1. The molecule has 2 N–H and O–H groups in total. The SMILES string of the molecule is NC1C=CC(CN(Cc2cccs2)C2CC2)C1. The van der Waals surface area contributed by atoms with Gasteiger partial charge < -0.3 is 5.73 Å². The maximum atomic E-state index is 5.93. The van der Waals surface area contributed by atoms with Crippen molar-refractivity contribution in [2.24, 2.45) is 11.7 Å². The van der Waals surface area contributed by atoms with Crippen molar-refractivity contribution in [3.8, 4) is 0 Å². The lowest BCUT2D eigenvalue weighted by molar-refractivity contribution is 0.229. The van der Waals surface area contributed by atoms with E-state index in [1.54, 1.807) is 0 Å². The third-order valence-electron chi connectivity index (χ3n) is 3.68. The average Bonchev–Trinajstić information content (AvgIpc) is 2.89. The fourth-order valence-corrected chi connectivity index (χ4v) is 3.36. The number of nitrogens with two attached hydrogens (primary N) is 1. The molecule has 1 aromatic rings. The van der Waals surface area contributed by atoms with Crippen molar-refractivity contribution < 1.29 is 0 Å². The van der Waals surface area contributed by atoms with E-state index in [-0.39, 0.29) is 0 Å². The normalized spacial score (nSPS) is 28.1. The summed E-state index contributed by atoms with van der Waals surface area (Å²) in [4.78, 5) is 4.14. The highest BCUT2D eigenvalue weighted by atomic mass is 32.1. The summed E-state index contributed by atoms with van der Waals surface area (Å²) in [6, 6.07) is 5.53. The van der Waals surface area contributed by atoms with Crippen molar-refractivity contribution in [1.29, 1.82) is 0 Å². The molecule has 0 radical (unpaired) electrons. The summed E-state index contributed by atoms with van der Waals surface area (Å²) < 4.78 is 0. The second-order valence-electron chi connectivity index (χ2n) is 5.28. The second-order valence-corrected chi connectivity index (χ2v) is 6.32. The Bertz CT molecular complexity index is 381. The van der Waals surface area contributed by atoms with Crippen LogP contribution in [0.15, 0.2) is 29.7 Å². The summed E-state index contributed by atoms with van der Waals surface area (Å²) in [5.74, 6) is 0.672. The predicted octanol–water partition coefficient (Wildman–Crippen LogP) is 2.62. The van der Waals surface area contributed by atoms with Gasteiger partial charge in [-0.15, -0.1) is 11.3 Å². The first kappa shape index (κ1) is 11.5. The van der Waals surface area contributed by atoms with E-state index >= 15 is 0 Å². The molecular weight excluding hydrogens is 228 g/mol. The highest BCUT2D eigenvalue weighted by molar-refractivity contribution is 7.09. The van der Waals surface area contributed by atoms with Crippen LogP contribution in [-0.2, 0) is 6.54 Å². The van der Waals surface area contributed by atoms with Crippen LogP contribution in [-0.4, -0.2) is 23.5 Å². The summed E-state index contributed by atoms with van der Waals surface area (Å²) >= 11 is 1.87. The lowest BCUT2D eigenvalue weighted by Gasteiger charge is -2.24. The predicted molar refractivity (Wildman–Crippen MR) is 73.0 cm³/mol. The van der Waals surface area contributed by atoms with Gasteiger partial charge >= 0.3 is 0 Å². The van der Waals surface area contributed by atoms with Crippen molar-refractivity contribution in [2.75, 3.05) is 6.54 Å². The van der Waals surface area contributed by atoms with Crippen LogP contribution in [0.25, 0.3) is 0 Å². The lowest BCUT2D eigenvalue weighted by Crippen LogP contribution is -2.31. The summed E-state index contributed by atoms with van der Waals surface area (Å²) in [7, 11) is 0. The molecular formula is C14H20N2S. The summed E-state index contributed by atoms with van der Waals surface area (Å²) in [6.07, 6.45) is 8.38. The standard InChI is InChI=1S/C14H20N2S/c15-12-4-3-11(8-12)9-16(13-5-6-13)10-14-2-1-7-17-14/h1-4,7,11-13H,5-6,8-10,15H2.